The van der Waals surface area contributed by atoms with Crippen molar-refractivity contribution in [2.24, 2.45) is 5.92 Å². The van der Waals surface area contributed by atoms with Gasteiger partial charge < -0.3 is 15.1 Å². The van der Waals surface area contributed by atoms with Crippen LogP contribution in [0.3, 0.4) is 0 Å². The van der Waals surface area contributed by atoms with Gasteiger partial charge in [0.2, 0.25) is 0 Å². The van der Waals surface area contributed by atoms with Crippen molar-refractivity contribution in [2.75, 3.05) is 19.6 Å². The van der Waals surface area contributed by atoms with Gasteiger partial charge in [0.1, 0.15) is 0 Å². The fourth-order valence-electron chi connectivity index (χ4n) is 3.08. The molecule has 2 rings (SSSR count). The normalized spacial score (nSPS) is 20.8. The van der Waals surface area contributed by atoms with E-state index in [9.17, 15) is 10.2 Å². The number of nitrogens with zero attached hydrogens (tertiary/aromatic N) is 1. The number of hydrogen-bond acceptors (Lipinski definition) is 3. The van der Waals surface area contributed by atoms with E-state index in [0.29, 0.717) is 5.92 Å². The first-order valence-corrected chi connectivity index (χ1v) is 7.72. The summed E-state index contributed by atoms with van der Waals surface area (Å²) >= 11 is 0. The molecule has 1 aliphatic heterocycles. The van der Waals surface area contributed by atoms with E-state index < -0.39 is 0 Å². The Bertz CT molecular complexity index is 411. The van der Waals surface area contributed by atoms with Crippen LogP contribution in [-0.2, 0) is 0 Å². The predicted molar refractivity (Wildman–Crippen MR) is 81.6 cm³/mol. The topological polar surface area (TPSA) is 43.7 Å². The molecule has 3 heteroatoms. The highest BCUT2D eigenvalue weighted by atomic mass is 16.3. The highest BCUT2D eigenvalue weighted by molar-refractivity contribution is 5.27. The van der Waals surface area contributed by atoms with Gasteiger partial charge in [0.05, 0.1) is 12.2 Å². The average Bonchev–Trinajstić information content (AvgIpc) is 2.45. The minimum Gasteiger partial charge on any atom is -0.393 e. The molecule has 20 heavy (non-hydrogen) atoms. The second-order valence-electron chi connectivity index (χ2n) is 6.08. The molecular formula is C17H27NO2. The molecule has 1 fully saturated rings. The van der Waals surface area contributed by atoms with Crippen LogP contribution in [0.4, 0.5) is 0 Å². The number of likely N-dealkylation sites (tertiary alicyclic amines) is 1. The molecule has 0 spiro atoms. The lowest BCUT2D eigenvalue weighted by Gasteiger charge is -2.33. The van der Waals surface area contributed by atoms with Gasteiger partial charge in [-0.05, 0) is 63.2 Å². The molecule has 1 saturated heterocycles. The second-order valence-corrected chi connectivity index (χ2v) is 6.08. The monoisotopic (exact) mass is 277 g/mol. The maximum atomic E-state index is 10.3. The molecule has 0 saturated carbocycles. The zero-order valence-corrected chi connectivity index (χ0v) is 12.6. The maximum Gasteiger partial charge on any atom is 0.0804 e. The van der Waals surface area contributed by atoms with Gasteiger partial charge in [0.25, 0.3) is 0 Å². The van der Waals surface area contributed by atoms with Crippen LogP contribution in [0, 0.1) is 12.8 Å². The lowest BCUT2D eigenvalue weighted by atomic mass is 9.92. The van der Waals surface area contributed by atoms with E-state index in [2.05, 4.69) is 4.90 Å². The number of hydrogen-bond donors (Lipinski definition) is 2. The second kappa shape index (κ2) is 7.21. The minimum atomic E-state index is -0.370. The highest BCUT2D eigenvalue weighted by Crippen LogP contribution is 2.23. The zero-order valence-electron chi connectivity index (χ0n) is 12.6. The number of aliphatic hydroxyl groups is 2. The third-order valence-electron chi connectivity index (χ3n) is 4.58. The molecule has 0 amide bonds. The van der Waals surface area contributed by atoms with Crippen LogP contribution >= 0.6 is 0 Å². The average molecular weight is 277 g/mol. The van der Waals surface area contributed by atoms with Crippen molar-refractivity contribution in [1.29, 1.82) is 0 Å². The van der Waals surface area contributed by atoms with Crippen molar-refractivity contribution >= 4 is 0 Å². The van der Waals surface area contributed by atoms with Gasteiger partial charge in [-0.2, -0.15) is 0 Å². The standard InChI is InChI=1S/C17H27NO2/c1-13-5-3-4-6-16(13)17(20)9-12-18-10-7-15(8-11-18)14(2)19/h3-6,14-15,17,19-20H,7-12H2,1-2H3. The molecule has 112 valence electrons. The fourth-order valence-corrected chi connectivity index (χ4v) is 3.08. The molecule has 0 aliphatic carbocycles. The third kappa shape index (κ3) is 4.05. The fraction of sp³-hybridized carbons (Fsp3) is 0.647. The highest BCUT2D eigenvalue weighted by Gasteiger charge is 2.23. The van der Waals surface area contributed by atoms with Gasteiger partial charge in [0.15, 0.2) is 0 Å². The van der Waals surface area contributed by atoms with Gasteiger partial charge in [-0.3, -0.25) is 0 Å². The Morgan fingerprint density at radius 3 is 2.45 bits per heavy atom. The summed E-state index contributed by atoms with van der Waals surface area (Å²) in [5, 5.41) is 19.9. The Morgan fingerprint density at radius 2 is 1.85 bits per heavy atom. The molecule has 1 aromatic carbocycles. The molecule has 1 aliphatic rings. The smallest absolute Gasteiger partial charge is 0.0804 e. The molecule has 1 heterocycles. The lowest BCUT2D eigenvalue weighted by molar-refractivity contribution is 0.0640. The molecule has 2 atom stereocenters. The number of aliphatic hydroxyl groups excluding tert-OH is 2. The van der Waals surface area contributed by atoms with Crippen LogP contribution < -0.4 is 0 Å². The van der Waals surface area contributed by atoms with Crippen molar-refractivity contribution in [3.63, 3.8) is 0 Å². The van der Waals surface area contributed by atoms with Crippen LogP contribution in [0.1, 0.15) is 43.4 Å². The van der Waals surface area contributed by atoms with Crippen molar-refractivity contribution in [1.82, 2.24) is 4.90 Å². The zero-order chi connectivity index (χ0) is 14.5. The molecule has 2 unspecified atom stereocenters. The van der Waals surface area contributed by atoms with E-state index >= 15 is 0 Å². The van der Waals surface area contributed by atoms with Crippen molar-refractivity contribution in [3.05, 3.63) is 35.4 Å². The van der Waals surface area contributed by atoms with Gasteiger partial charge in [-0.1, -0.05) is 24.3 Å². The first-order valence-electron chi connectivity index (χ1n) is 7.72. The third-order valence-corrected chi connectivity index (χ3v) is 4.58. The molecule has 1 aromatic rings. The summed E-state index contributed by atoms with van der Waals surface area (Å²) in [5.74, 6) is 0.451. The summed E-state index contributed by atoms with van der Waals surface area (Å²) in [7, 11) is 0. The summed E-state index contributed by atoms with van der Waals surface area (Å²) in [6.45, 7) is 6.95. The first kappa shape index (κ1) is 15.5. The van der Waals surface area contributed by atoms with Crippen LogP contribution in [0.25, 0.3) is 0 Å². The Balaban J connectivity index is 1.78. The van der Waals surface area contributed by atoms with Gasteiger partial charge >= 0.3 is 0 Å². The molecule has 3 nitrogen and oxygen atoms in total. The Labute approximate surface area is 122 Å². The molecule has 2 N–H and O–H groups in total. The van der Waals surface area contributed by atoms with Crippen LogP contribution in [0.2, 0.25) is 0 Å². The van der Waals surface area contributed by atoms with E-state index in [-0.39, 0.29) is 12.2 Å². The predicted octanol–water partition coefficient (Wildman–Crippen LogP) is 2.51. The van der Waals surface area contributed by atoms with E-state index in [0.717, 1.165) is 50.0 Å². The van der Waals surface area contributed by atoms with E-state index in [1.54, 1.807) is 0 Å². The summed E-state index contributed by atoms with van der Waals surface area (Å²) in [4.78, 5) is 2.40. The molecule has 0 aromatic heterocycles. The summed E-state index contributed by atoms with van der Waals surface area (Å²) in [6, 6.07) is 8.05. The Kier molecular flexibility index (Phi) is 5.58. The van der Waals surface area contributed by atoms with Crippen molar-refractivity contribution in [3.8, 4) is 0 Å². The number of aryl methyl sites for hydroxylation is 1. The van der Waals surface area contributed by atoms with Crippen molar-refractivity contribution in [2.45, 2.75) is 45.3 Å². The molecular weight excluding hydrogens is 250 g/mol. The van der Waals surface area contributed by atoms with Crippen LogP contribution in [-0.4, -0.2) is 40.9 Å². The number of benzene rings is 1. The summed E-state index contributed by atoms with van der Waals surface area (Å²) in [5.41, 5.74) is 2.21. The Morgan fingerprint density at radius 1 is 1.20 bits per heavy atom. The maximum absolute atomic E-state index is 10.3. The lowest BCUT2D eigenvalue weighted by Crippen LogP contribution is -2.37. The van der Waals surface area contributed by atoms with E-state index in [1.165, 1.54) is 0 Å². The van der Waals surface area contributed by atoms with Crippen molar-refractivity contribution < 1.29 is 10.2 Å². The number of piperidine rings is 1. The van der Waals surface area contributed by atoms with Gasteiger partial charge in [-0.15, -0.1) is 0 Å². The quantitative estimate of drug-likeness (QED) is 0.869. The first-order chi connectivity index (χ1) is 9.58. The molecule has 0 radical (unpaired) electrons. The SMILES string of the molecule is Cc1ccccc1C(O)CCN1CCC(C(C)O)CC1. The van der Waals surface area contributed by atoms with E-state index in [4.69, 9.17) is 0 Å². The summed E-state index contributed by atoms with van der Waals surface area (Å²) in [6.07, 6.45) is 2.36. The van der Waals surface area contributed by atoms with Crippen LogP contribution in [0.15, 0.2) is 24.3 Å². The van der Waals surface area contributed by atoms with Gasteiger partial charge in [-0.25, -0.2) is 0 Å². The van der Waals surface area contributed by atoms with Crippen LogP contribution in [0.5, 0.6) is 0 Å². The number of rotatable bonds is 5. The minimum absolute atomic E-state index is 0.185. The Hall–Kier alpha value is -0.900. The summed E-state index contributed by atoms with van der Waals surface area (Å²) < 4.78 is 0. The largest absolute Gasteiger partial charge is 0.393 e. The van der Waals surface area contributed by atoms with E-state index in [1.807, 2.05) is 38.1 Å². The molecule has 0 bridgehead atoms. The van der Waals surface area contributed by atoms with Gasteiger partial charge in [0, 0.05) is 6.54 Å².